The van der Waals surface area contributed by atoms with Gasteiger partial charge >= 0.3 is 5.97 Å². The third-order valence-electron chi connectivity index (χ3n) is 15.0. The smallest absolute Gasteiger partial charge is 0.329 e. The summed E-state index contributed by atoms with van der Waals surface area (Å²) >= 11 is 1.56. The van der Waals surface area contributed by atoms with Gasteiger partial charge in [-0.2, -0.15) is 11.3 Å². The SMILES string of the molecule is COC1CC(C[C@@H](C)[C@@H]2CC[C@H](N)/C=C(\C)C(O)[C@@H](OC)C(=O)C(C)C[C@H](C)/C=C/C=C/C=C(\C)[C@H](Nc3ccsc3)CC3CCC(C)C(O)(O3)C(=O)C(=O)N3CCCCC3C(=O)O2)CC[C@H]1O. The number of Topliss-reactive ketones (excluding diaryl/α,β-unsaturated/α-hetero) is 2. The number of esters is 1. The highest BCUT2D eigenvalue weighted by Crippen LogP contribution is 2.38. The predicted molar refractivity (Wildman–Crippen MR) is 264 cm³/mol. The van der Waals surface area contributed by atoms with Crippen LogP contribution in [0.25, 0.3) is 0 Å². The highest BCUT2D eigenvalue weighted by molar-refractivity contribution is 7.08. The molecule has 0 aromatic carbocycles. The van der Waals surface area contributed by atoms with Crippen molar-refractivity contribution in [3.8, 4) is 0 Å². The molecule has 3 aliphatic heterocycles. The number of aliphatic hydroxyl groups excluding tert-OH is 2. The summed E-state index contributed by atoms with van der Waals surface area (Å²) < 4.78 is 23.9. The second-order valence-corrected chi connectivity index (χ2v) is 21.1. The molecule has 3 fully saturated rings. The van der Waals surface area contributed by atoms with Gasteiger partial charge in [0.2, 0.25) is 5.79 Å². The average Bonchev–Trinajstić information content (AvgIpc) is 3.84. The van der Waals surface area contributed by atoms with Gasteiger partial charge in [0.25, 0.3) is 11.7 Å². The average molecular weight is 968 g/mol. The first kappa shape index (κ1) is 55.4. The van der Waals surface area contributed by atoms with E-state index in [-0.39, 0.29) is 48.6 Å². The molecule has 15 heteroatoms. The third-order valence-corrected chi connectivity index (χ3v) is 15.6. The van der Waals surface area contributed by atoms with Crippen LogP contribution in [0.1, 0.15) is 125 Å². The first-order chi connectivity index (χ1) is 32.4. The van der Waals surface area contributed by atoms with E-state index < -0.39 is 77.9 Å². The van der Waals surface area contributed by atoms with Crippen molar-refractivity contribution in [3.63, 3.8) is 0 Å². The molecule has 2 bridgehead atoms. The largest absolute Gasteiger partial charge is 0.461 e. The normalized spacial score (nSPS) is 39.1. The minimum atomic E-state index is -2.40. The molecule has 68 heavy (non-hydrogen) atoms. The van der Waals surface area contributed by atoms with Gasteiger partial charge < -0.3 is 50.2 Å². The van der Waals surface area contributed by atoms with E-state index in [1.165, 1.54) is 12.0 Å². The van der Waals surface area contributed by atoms with Crippen molar-refractivity contribution in [2.75, 3.05) is 26.1 Å². The molecule has 6 N–H and O–H groups in total. The van der Waals surface area contributed by atoms with Gasteiger partial charge in [-0.3, -0.25) is 14.4 Å². The Morgan fingerprint density at radius 3 is 2.40 bits per heavy atom. The zero-order valence-electron chi connectivity index (χ0n) is 41.7. The summed E-state index contributed by atoms with van der Waals surface area (Å²) in [7, 11) is 3.02. The van der Waals surface area contributed by atoms with Crippen LogP contribution in [0.5, 0.6) is 0 Å². The van der Waals surface area contributed by atoms with Crippen molar-refractivity contribution in [1.82, 2.24) is 4.90 Å². The van der Waals surface area contributed by atoms with E-state index >= 15 is 0 Å². The number of carbonyl (C=O) groups is 4. The number of methoxy groups -OCH3 is 2. The third kappa shape index (κ3) is 14.8. The number of allylic oxidation sites excluding steroid dienone is 5. The number of nitrogens with two attached hydrogens (primary N) is 1. The molecule has 14 nitrogen and oxygen atoms in total. The number of piperidine rings is 1. The number of rotatable bonds is 7. The maximum absolute atomic E-state index is 14.4. The molecule has 1 aromatic rings. The van der Waals surface area contributed by atoms with E-state index in [1.54, 1.807) is 38.4 Å². The first-order valence-corrected chi connectivity index (χ1v) is 26.0. The lowest BCUT2D eigenvalue weighted by atomic mass is 9.78. The van der Waals surface area contributed by atoms with Crippen LogP contribution in [0.15, 0.2) is 64.4 Å². The fraction of sp³-hybridized carbons (Fsp3) is 0.698. The predicted octanol–water partition coefficient (Wildman–Crippen LogP) is 7.22. The fourth-order valence-corrected chi connectivity index (χ4v) is 11.2. The first-order valence-electron chi connectivity index (χ1n) is 25.0. The summed E-state index contributed by atoms with van der Waals surface area (Å²) in [5, 5.41) is 41.7. The summed E-state index contributed by atoms with van der Waals surface area (Å²) in [6.45, 7) is 11.5. The van der Waals surface area contributed by atoms with Crippen molar-refractivity contribution in [3.05, 3.63) is 64.4 Å². The topological polar surface area (TPSA) is 207 Å². The van der Waals surface area contributed by atoms with Crippen molar-refractivity contribution in [2.45, 2.75) is 186 Å². The number of nitrogens with zero attached hydrogens (tertiary/aromatic N) is 1. The fourth-order valence-electron chi connectivity index (χ4n) is 10.6. The lowest BCUT2D eigenvalue weighted by Crippen LogP contribution is -2.61. The van der Waals surface area contributed by atoms with Gasteiger partial charge in [-0.15, -0.1) is 0 Å². The molecule has 15 atom stereocenters. The number of ether oxygens (including phenoxy) is 4. The molecule has 2 saturated heterocycles. The van der Waals surface area contributed by atoms with E-state index in [0.29, 0.717) is 76.2 Å². The molecule has 1 amide bonds. The van der Waals surface area contributed by atoms with Crippen molar-refractivity contribution < 1.29 is 53.4 Å². The summed E-state index contributed by atoms with van der Waals surface area (Å²) in [5.41, 5.74) is 9.09. The maximum atomic E-state index is 14.4. The summed E-state index contributed by atoms with van der Waals surface area (Å²) in [4.78, 5) is 58.2. The Balaban J connectivity index is 1.46. The molecular weight excluding hydrogens is 887 g/mol. The number of aliphatic hydroxyl groups is 3. The van der Waals surface area contributed by atoms with Crippen LogP contribution in [-0.4, -0.2) is 125 Å². The Hall–Kier alpha value is -3.54. The van der Waals surface area contributed by atoms with Crippen molar-refractivity contribution in [1.29, 1.82) is 0 Å². The summed E-state index contributed by atoms with van der Waals surface area (Å²) in [5.74, 6) is -6.29. The Bertz CT molecular complexity index is 1940. The van der Waals surface area contributed by atoms with E-state index in [2.05, 4.69) is 5.32 Å². The lowest BCUT2D eigenvalue weighted by molar-refractivity contribution is -0.263. The summed E-state index contributed by atoms with van der Waals surface area (Å²) in [6.07, 6.45) is 14.1. The Morgan fingerprint density at radius 2 is 1.69 bits per heavy atom. The number of amides is 1. The molecule has 380 valence electrons. The molecule has 1 aromatic heterocycles. The zero-order chi connectivity index (χ0) is 49.7. The van der Waals surface area contributed by atoms with Gasteiger partial charge in [-0.05, 0) is 132 Å². The summed E-state index contributed by atoms with van der Waals surface area (Å²) in [6, 6.07) is 0.111. The number of hydrogen-bond donors (Lipinski definition) is 5. The molecule has 0 spiro atoms. The monoisotopic (exact) mass is 968 g/mol. The number of anilines is 1. The minimum absolute atomic E-state index is 0.0444. The molecule has 5 rings (SSSR count). The molecular formula is C53H81N3O11S. The van der Waals surface area contributed by atoms with Crippen molar-refractivity contribution in [2.24, 2.45) is 35.3 Å². The van der Waals surface area contributed by atoms with Crippen LogP contribution in [0.3, 0.4) is 0 Å². The molecule has 4 aliphatic rings. The maximum Gasteiger partial charge on any atom is 0.329 e. The second kappa shape index (κ2) is 26.1. The number of fused-ring (bicyclic) bond motifs is 3. The van der Waals surface area contributed by atoms with Gasteiger partial charge in [0, 0.05) is 55.8 Å². The number of nitrogens with one attached hydrogen (secondary N) is 1. The lowest BCUT2D eigenvalue weighted by Gasteiger charge is -2.43. The van der Waals surface area contributed by atoms with Gasteiger partial charge in [-0.1, -0.05) is 69.7 Å². The van der Waals surface area contributed by atoms with Gasteiger partial charge in [0.05, 0.1) is 18.3 Å². The Morgan fingerprint density at radius 1 is 0.926 bits per heavy atom. The van der Waals surface area contributed by atoms with Crippen LogP contribution >= 0.6 is 11.3 Å². The van der Waals surface area contributed by atoms with E-state index in [4.69, 9.17) is 24.7 Å². The van der Waals surface area contributed by atoms with E-state index in [9.17, 15) is 34.5 Å². The Labute approximate surface area is 408 Å². The quantitative estimate of drug-likeness (QED) is 0.104. The number of carbonyl (C=O) groups excluding carboxylic acids is 4. The highest BCUT2D eigenvalue weighted by Gasteiger charge is 2.53. The van der Waals surface area contributed by atoms with Crippen LogP contribution in [0.4, 0.5) is 5.69 Å². The Kier molecular flexibility index (Phi) is 21.2. The van der Waals surface area contributed by atoms with Gasteiger partial charge in [0.15, 0.2) is 5.78 Å². The molecule has 8 unspecified atom stereocenters. The molecule has 4 heterocycles. The zero-order valence-corrected chi connectivity index (χ0v) is 42.5. The highest BCUT2D eigenvalue weighted by atomic mass is 32.1. The van der Waals surface area contributed by atoms with Crippen LogP contribution in [0.2, 0.25) is 0 Å². The molecule has 1 saturated carbocycles. The van der Waals surface area contributed by atoms with Crippen LogP contribution in [-0.2, 0) is 38.1 Å². The second-order valence-electron chi connectivity index (χ2n) is 20.4. The van der Waals surface area contributed by atoms with E-state index in [0.717, 1.165) is 17.7 Å². The van der Waals surface area contributed by atoms with Crippen LogP contribution < -0.4 is 11.1 Å². The molecule has 1 aliphatic carbocycles. The van der Waals surface area contributed by atoms with Gasteiger partial charge in [0.1, 0.15) is 24.4 Å². The minimum Gasteiger partial charge on any atom is -0.461 e. The number of cyclic esters (lactones) is 1. The van der Waals surface area contributed by atoms with Gasteiger partial charge in [-0.25, -0.2) is 4.79 Å². The number of hydrogen-bond acceptors (Lipinski definition) is 14. The van der Waals surface area contributed by atoms with Crippen molar-refractivity contribution >= 4 is 40.5 Å². The van der Waals surface area contributed by atoms with E-state index in [1.807, 2.05) is 74.9 Å². The molecule has 0 radical (unpaired) electrons. The number of ketones is 2. The standard InChI is InChI=1S/C53H81N3O11S/c1-32-14-10-9-11-15-33(2)42(55-40-23-25-68-31-40)30-41-20-17-37(6)53(63,67-41)50(60)51(61)56-24-13-12-16-43(56)52(62)66-45(34(3)27-38-18-21-44(57)46(29-38)64-7)22-19-39(54)28-36(5)48(59)49(65-8)47(58)35(4)26-32/h9-11,14-15,23,25,28,31-32,34-35,37-39,41-46,48-49,55,57,59,63H,12-13,16-22,24,26-27,29-30,54H2,1-8H3/b11-9+,14-10+,33-15+,36-28+/t32-,34-,35?,37?,38?,39+,41?,42-,43?,44-,45+,46?,48?,49+,53?/m1/s1. The number of thiophene rings is 1. The van der Waals surface area contributed by atoms with Crippen LogP contribution in [0, 0.1) is 29.6 Å².